The van der Waals surface area contributed by atoms with Crippen molar-refractivity contribution in [3.05, 3.63) is 28.2 Å². The number of imide groups is 1. The Balaban J connectivity index is 2.50. The Hall–Kier alpha value is -1.16. The van der Waals surface area contributed by atoms with Gasteiger partial charge in [-0.3, -0.25) is 9.59 Å². The fourth-order valence-electron chi connectivity index (χ4n) is 2.37. The van der Waals surface area contributed by atoms with Gasteiger partial charge in [-0.15, -0.1) is 0 Å². The van der Waals surface area contributed by atoms with E-state index in [0.29, 0.717) is 5.69 Å². The van der Waals surface area contributed by atoms with Gasteiger partial charge in [0.25, 0.3) is 0 Å². The summed E-state index contributed by atoms with van der Waals surface area (Å²) in [6.07, 6.45) is 0.287. The summed E-state index contributed by atoms with van der Waals surface area (Å²) in [5, 5.41) is 0. The van der Waals surface area contributed by atoms with Crippen LogP contribution in [0.3, 0.4) is 0 Å². The van der Waals surface area contributed by atoms with Gasteiger partial charge in [0.05, 0.1) is 11.1 Å². The number of carbonyl (C=O) groups is 2. The standard InChI is InChI=1S/C15H18BrNO2/c1-9(2)15(4)8-13(18)17(14(15)19)12-7-5-6-11(16)10(12)3/h5-7,9H,8H2,1-4H3. The van der Waals surface area contributed by atoms with Crippen LogP contribution in [0, 0.1) is 18.3 Å². The van der Waals surface area contributed by atoms with E-state index in [-0.39, 0.29) is 24.2 Å². The Bertz CT molecular complexity index is 553. The summed E-state index contributed by atoms with van der Waals surface area (Å²) in [6, 6.07) is 5.57. The summed E-state index contributed by atoms with van der Waals surface area (Å²) < 4.78 is 0.906. The molecule has 1 fully saturated rings. The predicted molar refractivity (Wildman–Crippen MR) is 78.9 cm³/mol. The number of hydrogen-bond donors (Lipinski definition) is 0. The molecule has 2 amide bonds. The van der Waals surface area contributed by atoms with Crippen LogP contribution in [-0.2, 0) is 9.59 Å². The normalized spacial score (nSPS) is 23.6. The summed E-state index contributed by atoms with van der Waals surface area (Å²) in [4.78, 5) is 26.2. The molecule has 1 aromatic rings. The molecule has 0 bridgehead atoms. The Morgan fingerprint density at radius 1 is 1.32 bits per heavy atom. The molecule has 1 heterocycles. The topological polar surface area (TPSA) is 37.4 Å². The first-order valence-electron chi connectivity index (χ1n) is 6.41. The molecule has 1 unspecified atom stereocenters. The lowest BCUT2D eigenvalue weighted by Crippen LogP contribution is -2.37. The van der Waals surface area contributed by atoms with Crippen molar-refractivity contribution in [2.75, 3.05) is 4.90 Å². The summed E-state index contributed by atoms with van der Waals surface area (Å²) in [7, 11) is 0. The van der Waals surface area contributed by atoms with Gasteiger partial charge in [-0.05, 0) is 37.5 Å². The monoisotopic (exact) mass is 323 g/mol. The van der Waals surface area contributed by atoms with Crippen molar-refractivity contribution in [3.63, 3.8) is 0 Å². The molecule has 4 heteroatoms. The number of benzene rings is 1. The lowest BCUT2D eigenvalue weighted by Gasteiger charge is -2.26. The van der Waals surface area contributed by atoms with Crippen molar-refractivity contribution >= 4 is 33.4 Å². The van der Waals surface area contributed by atoms with Crippen LogP contribution >= 0.6 is 15.9 Å². The van der Waals surface area contributed by atoms with E-state index in [1.165, 1.54) is 4.90 Å². The molecule has 102 valence electrons. The zero-order chi connectivity index (χ0) is 14.4. The number of halogens is 1. The van der Waals surface area contributed by atoms with E-state index >= 15 is 0 Å². The molecule has 1 aromatic carbocycles. The van der Waals surface area contributed by atoms with Gasteiger partial charge in [0, 0.05) is 10.9 Å². The molecular formula is C15H18BrNO2. The number of hydrogen-bond acceptors (Lipinski definition) is 2. The first-order valence-corrected chi connectivity index (χ1v) is 7.21. The minimum Gasteiger partial charge on any atom is -0.274 e. The molecule has 2 rings (SSSR count). The van der Waals surface area contributed by atoms with E-state index in [9.17, 15) is 9.59 Å². The maximum atomic E-state index is 12.6. The second-order valence-electron chi connectivity index (χ2n) is 5.67. The molecule has 0 saturated carbocycles. The molecule has 19 heavy (non-hydrogen) atoms. The van der Waals surface area contributed by atoms with Gasteiger partial charge in [-0.1, -0.05) is 35.8 Å². The minimum absolute atomic E-state index is 0.0892. The van der Waals surface area contributed by atoms with E-state index in [1.807, 2.05) is 45.9 Å². The van der Waals surface area contributed by atoms with Gasteiger partial charge in [0.2, 0.25) is 11.8 Å². The second kappa shape index (κ2) is 4.75. The average molecular weight is 324 g/mol. The lowest BCUT2D eigenvalue weighted by atomic mass is 9.78. The van der Waals surface area contributed by atoms with E-state index in [4.69, 9.17) is 0 Å². The lowest BCUT2D eigenvalue weighted by molar-refractivity contribution is -0.126. The molecule has 1 saturated heterocycles. The molecule has 0 aromatic heterocycles. The zero-order valence-corrected chi connectivity index (χ0v) is 13.2. The van der Waals surface area contributed by atoms with Gasteiger partial charge in [0.1, 0.15) is 0 Å². The fraction of sp³-hybridized carbons (Fsp3) is 0.467. The van der Waals surface area contributed by atoms with Crippen LogP contribution in [0.1, 0.15) is 32.8 Å². The number of rotatable bonds is 2. The van der Waals surface area contributed by atoms with Crippen molar-refractivity contribution in [1.29, 1.82) is 0 Å². The van der Waals surface area contributed by atoms with E-state index in [2.05, 4.69) is 15.9 Å². The first-order chi connectivity index (χ1) is 8.79. The van der Waals surface area contributed by atoms with E-state index in [0.717, 1.165) is 10.0 Å². The van der Waals surface area contributed by atoms with E-state index in [1.54, 1.807) is 0 Å². The molecule has 0 N–H and O–H groups in total. The highest BCUT2D eigenvalue weighted by Crippen LogP contribution is 2.42. The Morgan fingerprint density at radius 2 is 1.95 bits per heavy atom. The maximum absolute atomic E-state index is 12.6. The first kappa shape index (κ1) is 14.3. The summed E-state index contributed by atoms with van der Waals surface area (Å²) >= 11 is 3.44. The Kier molecular flexibility index (Phi) is 3.56. The summed E-state index contributed by atoms with van der Waals surface area (Å²) in [5.41, 5.74) is 1.01. The molecule has 0 radical (unpaired) electrons. The molecule has 1 atom stereocenters. The van der Waals surface area contributed by atoms with Gasteiger partial charge in [-0.25, -0.2) is 4.90 Å². The quantitative estimate of drug-likeness (QED) is 0.778. The second-order valence-corrected chi connectivity index (χ2v) is 6.52. The Labute approximate surface area is 122 Å². The number of anilines is 1. The van der Waals surface area contributed by atoms with Crippen molar-refractivity contribution < 1.29 is 9.59 Å². The van der Waals surface area contributed by atoms with Crippen molar-refractivity contribution in [1.82, 2.24) is 0 Å². The molecule has 0 spiro atoms. The third kappa shape index (κ3) is 2.12. The van der Waals surface area contributed by atoms with Gasteiger partial charge in [-0.2, -0.15) is 0 Å². The van der Waals surface area contributed by atoms with Crippen LogP contribution < -0.4 is 4.90 Å². The molecule has 1 aliphatic rings. The van der Waals surface area contributed by atoms with Crippen LogP contribution in [0.2, 0.25) is 0 Å². The average Bonchev–Trinajstić information content (AvgIpc) is 2.56. The van der Waals surface area contributed by atoms with Crippen LogP contribution in [0.5, 0.6) is 0 Å². The highest BCUT2D eigenvalue weighted by atomic mass is 79.9. The zero-order valence-electron chi connectivity index (χ0n) is 11.7. The predicted octanol–water partition coefficient (Wildman–Crippen LogP) is 3.68. The van der Waals surface area contributed by atoms with Gasteiger partial charge in [0.15, 0.2) is 0 Å². The van der Waals surface area contributed by atoms with Crippen molar-refractivity contribution in [2.24, 2.45) is 11.3 Å². The van der Waals surface area contributed by atoms with Crippen LogP contribution in [0.25, 0.3) is 0 Å². The summed E-state index contributed by atoms with van der Waals surface area (Å²) in [5.74, 6) is -0.0579. The summed E-state index contributed by atoms with van der Waals surface area (Å²) in [6.45, 7) is 7.77. The van der Waals surface area contributed by atoms with Crippen LogP contribution in [-0.4, -0.2) is 11.8 Å². The number of nitrogens with zero attached hydrogens (tertiary/aromatic N) is 1. The third-order valence-corrected chi connectivity index (χ3v) is 5.07. The minimum atomic E-state index is -0.591. The molecule has 1 aliphatic heterocycles. The largest absolute Gasteiger partial charge is 0.274 e. The van der Waals surface area contributed by atoms with Crippen LogP contribution in [0.15, 0.2) is 22.7 Å². The SMILES string of the molecule is Cc1c(Br)cccc1N1C(=O)CC(C)(C(C)C)C1=O. The smallest absolute Gasteiger partial charge is 0.240 e. The third-order valence-electron chi connectivity index (χ3n) is 4.21. The fourth-order valence-corrected chi connectivity index (χ4v) is 2.73. The van der Waals surface area contributed by atoms with Crippen molar-refractivity contribution in [3.8, 4) is 0 Å². The molecule has 0 aliphatic carbocycles. The maximum Gasteiger partial charge on any atom is 0.240 e. The Morgan fingerprint density at radius 3 is 2.47 bits per heavy atom. The molecular weight excluding hydrogens is 306 g/mol. The van der Waals surface area contributed by atoms with E-state index < -0.39 is 5.41 Å². The molecule has 3 nitrogen and oxygen atoms in total. The van der Waals surface area contributed by atoms with Gasteiger partial charge < -0.3 is 0 Å². The highest BCUT2D eigenvalue weighted by Gasteiger charge is 2.50. The highest BCUT2D eigenvalue weighted by molar-refractivity contribution is 9.10. The number of carbonyl (C=O) groups excluding carboxylic acids is 2. The van der Waals surface area contributed by atoms with Crippen molar-refractivity contribution in [2.45, 2.75) is 34.1 Å². The van der Waals surface area contributed by atoms with Gasteiger partial charge >= 0.3 is 0 Å². The number of amides is 2. The van der Waals surface area contributed by atoms with Crippen LogP contribution in [0.4, 0.5) is 5.69 Å².